The van der Waals surface area contributed by atoms with Crippen molar-refractivity contribution >= 4 is 16.7 Å². The fourth-order valence-corrected chi connectivity index (χ4v) is 4.84. The number of nitrogens with one attached hydrogen (secondary N) is 1. The molecule has 3 heterocycles. The maximum Gasteiger partial charge on any atom is 0.165 e. The molecular weight excluding hydrogens is 482 g/mol. The summed E-state index contributed by atoms with van der Waals surface area (Å²) in [5.74, 6) is -0.409. The first-order valence-electron chi connectivity index (χ1n) is 12.5. The summed E-state index contributed by atoms with van der Waals surface area (Å²) in [5, 5.41) is 32.4. The molecule has 0 spiro atoms. The Labute approximate surface area is 212 Å². The summed E-state index contributed by atoms with van der Waals surface area (Å²) in [7, 11) is 0. The molecule has 3 N–H and O–H groups in total. The van der Waals surface area contributed by atoms with E-state index in [-0.39, 0.29) is 31.1 Å². The van der Waals surface area contributed by atoms with Gasteiger partial charge in [0.1, 0.15) is 17.3 Å². The molecule has 1 saturated carbocycles. The fourth-order valence-electron chi connectivity index (χ4n) is 4.84. The highest BCUT2D eigenvalue weighted by molar-refractivity contribution is 5.93. The number of hydrogen-bond acceptors (Lipinski definition) is 7. The molecule has 196 valence electrons. The van der Waals surface area contributed by atoms with Gasteiger partial charge in [-0.15, -0.1) is 0 Å². The number of ether oxygens (including phenoxy) is 1. The van der Waals surface area contributed by atoms with Gasteiger partial charge in [-0.3, -0.25) is 9.36 Å². The largest absolute Gasteiger partial charge is 0.487 e. The van der Waals surface area contributed by atoms with Gasteiger partial charge in [-0.1, -0.05) is 0 Å². The summed E-state index contributed by atoms with van der Waals surface area (Å²) < 4.78 is 36.9. The summed E-state index contributed by atoms with van der Waals surface area (Å²) in [6.07, 6.45) is 7.88. The second-order valence-electron chi connectivity index (χ2n) is 9.26. The molecule has 0 amide bonds. The molecule has 4 aromatic rings. The van der Waals surface area contributed by atoms with Gasteiger partial charge < -0.3 is 20.3 Å². The van der Waals surface area contributed by atoms with E-state index in [1.54, 1.807) is 18.6 Å². The molecule has 0 radical (unpaired) electrons. The van der Waals surface area contributed by atoms with Crippen molar-refractivity contribution in [3.05, 3.63) is 54.5 Å². The molecule has 0 aliphatic heterocycles. The average molecular weight is 513 g/mol. The van der Waals surface area contributed by atoms with Crippen molar-refractivity contribution in [2.24, 2.45) is 0 Å². The number of aromatic nitrogens is 5. The van der Waals surface area contributed by atoms with Crippen LogP contribution in [0.5, 0.6) is 5.75 Å². The van der Waals surface area contributed by atoms with E-state index < -0.39 is 17.7 Å². The molecule has 9 nitrogen and oxygen atoms in total. The SMILES string of the molecule is CCNc1cc2c(cn1)c(-c1cnn(C(CO)CO)c1)nn2C1CCC(Oc2cc(F)ccc2F)CC1. The predicted molar refractivity (Wildman–Crippen MR) is 134 cm³/mol. The number of pyridine rings is 1. The van der Waals surface area contributed by atoms with Gasteiger partial charge in [-0.2, -0.15) is 10.2 Å². The maximum absolute atomic E-state index is 14.1. The maximum atomic E-state index is 14.1. The van der Waals surface area contributed by atoms with Gasteiger partial charge in [-0.25, -0.2) is 13.8 Å². The van der Waals surface area contributed by atoms with E-state index in [9.17, 15) is 19.0 Å². The monoisotopic (exact) mass is 512 g/mol. The minimum Gasteiger partial charge on any atom is -0.487 e. The Bertz CT molecular complexity index is 1360. The topological polar surface area (TPSA) is 110 Å². The number of nitrogens with zero attached hydrogens (tertiary/aromatic N) is 5. The zero-order chi connectivity index (χ0) is 25.9. The summed E-state index contributed by atoms with van der Waals surface area (Å²) in [6, 6.07) is 4.78. The van der Waals surface area contributed by atoms with Gasteiger partial charge in [0.25, 0.3) is 0 Å². The number of rotatable bonds is 9. The van der Waals surface area contributed by atoms with Gasteiger partial charge >= 0.3 is 0 Å². The van der Waals surface area contributed by atoms with Crippen LogP contribution in [0.3, 0.4) is 0 Å². The molecule has 3 aromatic heterocycles. The third-order valence-corrected chi connectivity index (χ3v) is 6.80. The Morgan fingerprint density at radius 1 is 1.11 bits per heavy atom. The van der Waals surface area contributed by atoms with Crippen molar-refractivity contribution in [3.8, 4) is 17.0 Å². The number of halogens is 2. The number of fused-ring (bicyclic) bond motifs is 1. The minimum atomic E-state index is -0.570. The van der Waals surface area contributed by atoms with E-state index in [0.717, 1.165) is 59.9 Å². The third-order valence-electron chi connectivity index (χ3n) is 6.80. The quantitative estimate of drug-likeness (QED) is 0.310. The van der Waals surface area contributed by atoms with Gasteiger partial charge in [0.15, 0.2) is 11.6 Å². The van der Waals surface area contributed by atoms with E-state index in [1.807, 2.05) is 17.7 Å². The van der Waals surface area contributed by atoms with Crippen molar-refractivity contribution in [2.45, 2.75) is 50.8 Å². The third kappa shape index (κ3) is 5.14. The second kappa shape index (κ2) is 10.8. The zero-order valence-corrected chi connectivity index (χ0v) is 20.5. The van der Waals surface area contributed by atoms with Crippen molar-refractivity contribution in [2.75, 3.05) is 25.1 Å². The van der Waals surface area contributed by atoms with Crippen LogP contribution < -0.4 is 10.1 Å². The van der Waals surface area contributed by atoms with Crippen LogP contribution in [0.25, 0.3) is 22.2 Å². The van der Waals surface area contributed by atoms with Crippen LogP contribution >= 0.6 is 0 Å². The second-order valence-corrected chi connectivity index (χ2v) is 9.26. The molecule has 0 atom stereocenters. The molecule has 11 heteroatoms. The Morgan fingerprint density at radius 2 is 1.89 bits per heavy atom. The number of aliphatic hydroxyl groups is 2. The first-order valence-corrected chi connectivity index (χ1v) is 12.5. The van der Waals surface area contributed by atoms with E-state index in [0.29, 0.717) is 18.5 Å². The number of anilines is 1. The van der Waals surface area contributed by atoms with Crippen LogP contribution in [0.4, 0.5) is 14.6 Å². The predicted octanol–water partition coefficient (Wildman–Crippen LogP) is 4.09. The highest BCUT2D eigenvalue weighted by Crippen LogP contribution is 2.37. The van der Waals surface area contributed by atoms with E-state index in [4.69, 9.17) is 9.84 Å². The van der Waals surface area contributed by atoms with Crippen LogP contribution in [0.2, 0.25) is 0 Å². The van der Waals surface area contributed by atoms with E-state index in [2.05, 4.69) is 15.4 Å². The van der Waals surface area contributed by atoms with Crippen LogP contribution in [0, 0.1) is 11.6 Å². The van der Waals surface area contributed by atoms with E-state index >= 15 is 0 Å². The molecule has 1 aliphatic rings. The summed E-state index contributed by atoms with van der Waals surface area (Å²) in [5.41, 5.74) is 2.40. The van der Waals surface area contributed by atoms with Gasteiger partial charge in [0.2, 0.25) is 0 Å². The Hall–Kier alpha value is -3.57. The zero-order valence-electron chi connectivity index (χ0n) is 20.5. The molecule has 1 fully saturated rings. The normalized spacial score (nSPS) is 18.0. The summed E-state index contributed by atoms with van der Waals surface area (Å²) >= 11 is 0. The standard InChI is InChI=1S/C26H30F2N6O3/c1-2-29-25-10-23-21(12-30-25)26(16-11-31-33(13-16)19(14-35)15-36)32-34(23)18-4-6-20(7-5-18)37-24-9-17(27)3-8-22(24)28/h3,8-13,18-20,35-36H,2,4-7,14-15H2,1H3,(H,29,30). The molecule has 0 saturated heterocycles. The van der Waals surface area contributed by atoms with Crippen LogP contribution in [-0.2, 0) is 0 Å². The lowest BCUT2D eigenvalue weighted by Gasteiger charge is -2.29. The van der Waals surface area contributed by atoms with Gasteiger partial charge in [-0.05, 0) is 44.7 Å². The Kier molecular flexibility index (Phi) is 7.33. The van der Waals surface area contributed by atoms with Crippen molar-refractivity contribution in [3.63, 3.8) is 0 Å². The lowest BCUT2D eigenvalue weighted by atomic mass is 9.93. The summed E-state index contributed by atoms with van der Waals surface area (Å²) in [6.45, 7) is 2.27. The molecule has 0 unspecified atom stereocenters. The molecule has 37 heavy (non-hydrogen) atoms. The summed E-state index contributed by atoms with van der Waals surface area (Å²) in [4.78, 5) is 4.53. The van der Waals surface area contributed by atoms with Crippen LogP contribution in [-0.4, -0.2) is 60.6 Å². The lowest BCUT2D eigenvalue weighted by molar-refractivity contribution is 0.125. The molecule has 1 aliphatic carbocycles. The van der Waals surface area contributed by atoms with Gasteiger partial charge in [0, 0.05) is 42.0 Å². The van der Waals surface area contributed by atoms with Crippen molar-refractivity contribution in [1.29, 1.82) is 0 Å². The van der Waals surface area contributed by atoms with Crippen molar-refractivity contribution < 1.29 is 23.7 Å². The number of benzene rings is 1. The molecular formula is C26H30F2N6O3. The fraction of sp³-hybridized carbons (Fsp3) is 0.423. The molecule has 0 bridgehead atoms. The average Bonchev–Trinajstić information content (AvgIpc) is 3.53. The first-order chi connectivity index (χ1) is 18.0. The Morgan fingerprint density at radius 3 is 2.62 bits per heavy atom. The van der Waals surface area contributed by atoms with Crippen molar-refractivity contribution in [1.82, 2.24) is 24.5 Å². The van der Waals surface area contributed by atoms with Gasteiger partial charge in [0.05, 0.1) is 43.1 Å². The highest BCUT2D eigenvalue weighted by Gasteiger charge is 2.28. The minimum absolute atomic E-state index is 0.0577. The highest BCUT2D eigenvalue weighted by atomic mass is 19.1. The molecule has 1 aromatic carbocycles. The number of aliphatic hydroxyl groups excluding tert-OH is 2. The smallest absolute Gasteiger partial charge is 0.165 e. The van der Waals surface area contributed by atoms with Crippen LogP contribution in [0.15, 0.2) is 42.9 Å². The lowest BCUT2D eigenvalue weighted by Crippen LogP contribution is -2.26. The Balaban J connectivity index is 1.42. The van der Waals surface area contributed by atoms with E-state index in [1.165, 1.54) is 4.68 Å². The van der Waals surface area contributed by atoms with Crippen LogP contribution in [0.1, 0.15) is 44.7 Å². The molecule has 5 rings (SSSR count). The first kappa shape index (κ1) is 25.1. The number of hydrogen-bond donors (Lipinski definition) is 3.